The normalized spacial score (nSPS) is 0. The predicted octanol–water partition coefficient (Wildman–Crippen LogP) is 0.398. The van der Waals surface area contributed by atoms with Gasteiger partial charge in [-0.2, -0.15) is 0 Å². The van der Waals surface area contributed by atoms with Gasteiger partial charge in [-0.05, 0) is 0 Å². The van der Waals surface area contributed by atoms with Crippen LogP contribution in [0.5, 0.6) is 0 Å². The molecule has 0 fully saturated rings. The summed E-state index contributed by atoms with van der Waals surface area (Å²) in [6, 6.07) is 0. The van der Waals surface area contributed by atoms with Crippen LogP contribution in [0.4, 0.5) is 0 Å². The molecule has 0 spiro atoms. The first-order valence-electron chi connectivity index (χ1n) is 0. The van der Waals surface area contributed by atoms with Crippen LogP contribution in [0.15, 0.2) is 0 Å². The van der Waals surface area contributed by atoms with E-state index in [-0.39, 0.29) is 49.5 Å². The molecule has 0 heterocycles. The standard InChI is InChI=1S/CH4.2O.U/h1H4;;;/q;2*-2;+4. The van der Waals surface area contributed by atoms with Gasteiger partial charge in [0.15, 0.2) is 0 Å². The molecule has 0 aliphatic heterocycles. The molecule has 24 valence electrons. The molecule has 0 amide bonds. The van der Waals surface area contributed by atoms with Gasteiger partial charge in [0.25, 0.3) is 0 Å². The zero-order valence-corrected chi connectivity index (χ0v) is 5.48. The quantitative estimate of drug-likeness (QED) is 0.619. The van der Waals surface area contributed by atoms with Gasteiger partial charge in [0.2, 0.25) is 0 Å². The fraction of sp³-hybridized carbons (Fsp3) is 1.00. The minimum atomic E-state index is 0. The smallest absolute Gasteiger partial charge is 2.00 e. The SMILES string of the molecule is C.[O-2].[O-2].[U+4]. The fourth-order valence-electron chi connectivity index (χ4n) is 0. The maximum Gasteiger partial charge on any atom is 4.00 e. The molecule has 0 unspecified atom stereocenters. The van der Waals surface area contributed by atoms with E-state index in [1.807, 2.05) is 0 Å². The Bertz CT molecular complexity index is 6.00. The van der Waals surface area contributed by atoms with Crippen LogP contribution in [0.2, 0.25) is 0 Å². The molecule has 0 N–H and O–H groups in total. The zero-order valence-electron chi connectivity index (χ0n) is 1.32. The van der Waals surface area contributed by atoms with Gasteiger partial charge in [-0.1, -0.05) is 7.43 Å². The molecule has 4 heavy (non-hydrogen) atoms. The Hall–Kier alpha value is 0.972. The van der Waals surface area contributed by atoms with Gasteiger partial charge in [-0.15, -0.1) is 0 Å². The Balaban J connectivity index is 0. The van der Waals surface area contributed by atoms with Crippen molar-refractivity contribution in [2.75, 3.05) is 0 Å². The van der Waals surface area contributed by atoms with Crippen LogP contribution in [0.25, 0.3) is 0 Å². The zero-order chi connectivity index (χ0) is 0. The molecule has 3 heteroatoms. The third-order valence-corrected chi connectivity index (χ3v) is 0. The molecular formula is CH4O2U. The summed E-state index contributed by atoms with van der Waals surface area (Å²) in [4.78, 5) is 0. The topological polar surface area (TPSA) is 57.0 Å². The van der Waals surface area contributed by atoms with Crippen LogP contribution >= 0.6 is 0 Å². The van der Waals surface area contributed by atoms with Crippen LogP contribution in [0.1, 0.15) is 7.43 Å². The second-order valence-electron chi connectivity index (χ2n) is 0. The van der Waals surface area contributed by atoms with E-state index < -0.39 is 0 Å². The van der Waals surface area contributed by atoms with Gasteiger partial charge < -0.3 is 11.0 Å². The summed E-state index contributed by atoms with van der Waals surface area (Å²) in [5, 5.41) is 0. The number of rotatable bonds is 0. The van der Waals surface area contributed by atoms with E-state index in [9.17, 15) is 0 Å². The molecule has 0 bridgehead atoms. The van der Waals surface area contributed by atoms with E-state index in [2.05, 4.69) is 0 Å². The minimum absolute atomic E-state index is 0. The van der Waals surface area contributed by atoms with E-state index in [0.29, 0.717) is 0 Å². The Labute approximate surface area is 49.6 Å². The molecule has 0 aromatic carbocycles. The molecule has 0 aliphatic carbocycles. The molecule has 0 atom stereocenters. The van der Waals surface area contributed by atoms with Crippen LogP contribution < -0.4 is 0 Å². The van der Waals surface area contributed by atoms with Gasteiger partial charge >= 0.3 is 31.1 Å². The first-order chi connectivity index (χ1) is 0. The summed E-state index contributed by atoms with van der Waals surface area (Å²) < 4.78 is 0. The van der Waals surface area contributed by atoms with E-state index in [1.54, 1.807) is 0 Å². The van der Waals surface area contributed by atoms with Crippen molar-refractivity contribution in [3.63, 3.8) is 0 Å². The molecule has 2 nitrogen and oxygen atoms in total. The fourth-order valence-corrected chi connectivity index (χ4v) is 0. The van der Waals surface area contributed by atoms with Crippen molar-refractivity contribution >= 4 is 0 Å². The summed E-state index contributed by atoms with van der Waals surface area (Å²) in [7, 11) is 0. The first-order valence-corrected chi connectivity index (χ1v) is 0. The van der Waals surface area contributed by atoms with Crippen molar-refractivity contribution in [3.05, 3.63) is 0 Å². The Morgan fingerprint density at radius 2 is 0.750 bits per heavy atom. The summed E-state index contributed by atoms with van der Waals surface area (Å²) in [6.07, 6.45) is 0. The van der Waals surface area contributed by atoms with Gasteiger partial charge in [-0.25, -0.2) is 0 Å². The van der Waals surface area contributed by atoms with Gasteiger partial charge in [0.05, 0.1) is 0 Å². The van der Waals surface area contributed by atoms with E-state index in [0.717, 1.165) is 0 Å². The Kier molecular flexibility index (Phi) is 771. The van der Waals surface area contributed by atoms with Crippen LogP contribution in [0, 0.1) is 31.1 Å². The van der Waals surface area contributed by atoms with Crippen molar-refractivity contribution in [2.24, 2.45) is 0 Å². The largest absolute Gasteiger partial charge is 4.00 e. The van der Waals surface area contributed by atoms with Crippen molar-refractivity contribution < 1.29 is 42.1 Å². The molecule has 0 radical (unpaired) electrons. The summed E-state index contributed by atoms with van der Waals surface area (Å²) in [6.45, 7) is 0. The number of hydrogen-bond donors (Lipinski definition) is 0. The molecule has 0 aliphatic rings. The summed E-state index contributed by atoms with van der Waals surface area (Å²) in [5.74, 6) is 0. The molecule has 0 saturated heterocycles. The first kappa shape index (κ1) is 83.0. The molecule has 0 aromatic rings. The van der Waals surface area contributed by atoms with Crippen molar-refractivity contribution in [1.82, 2.24) is 0 Å². The summed E-state index contributed by atoms with van der Waals surface area (Å²) in [5.41, 5.74) is 0. The third-order valence-electron chi connectivity index (χ3n) is 0. The average molecular weight is 286 g/mol. The summed E-state index contributed by atoms with van der Waals surface area (Å²) >= 11 is 0. The van der Waals surface area contributed by atoms with Crippen molar-refractivity contribution in [1.29, 1.82) is 0 Å². The molecule has 0 saturated carbocycles. The Morgan fingerprint density at radius 3 is 0.750 bits per heavy atom. The molecule has 0 aromatic heterocycles. The van der Waals surface area contributed by atoms with Crippen molar-refractivity contribution in [2.45, 2.75) is 7.43 Å². The Morgan fingerprint density at radius 1 is 0.750 bits per heavy atom. The van der Waals surface area contributed by atoms with E-state index >= 15 is 0 Å². The molecular weight excluding hydrogens is 282 g/mol. The predicted molar refractivity (Wildman–Crippen MR) is 8.10 cm³/mol. The second kappa shape index (κ2) is 37.1. The van der Waals surface area contributed by atoms with Crippen LogP contribution in [0.3, 0.4) is 0 Å². The third kappa shape index (κ3) is 12.2. The molecule has 0 rings (SSSR count). The van der Waals surface area contributed by atoms with Gasteiger partial charge in [0.1, 0.15) is 0 Å². The van der Waals surface area contributed by atoms with Gasteiger partial charge in [0, 0.05) is 0 Å². The second-order valence-corrected chi connectivity index (χ2v) is 0. The average Bonchev–Trinajstić information content (AvgIpc) is 0. The van der Waals surface area contributed by atoms with E-state index in [4.69, 9.17) is 0 Å². The van der Waals surface area contributed by atoms with Gasteiger partial charge in [-0.3, -0.25) is 0 Å². The number of hydrogen-bond acceptors (Lipinski definition) is 0. The minimum Gasteiger partial charge on any atom is -2.00 e. The van der Waals surface area contributed by atoms with Crippen LogP contribution in [-0.2, 0) is 11.0 Å². The van der Waals surface area contributed by atoms with E-state index in [1.165, 1.54) is 0 Å². The van der Waals surface area contributed by atoms with Crippen molar-refractivity contribution in [3.8, 4) is 0 Å². The maximum atomic E-state index is 0. The monoisotopic (exact) mass is 286 g/mol. The maximum absolute atomic E-state index is 0. The van der Waals surface area contributed by atoms with Crippen LogP contribution in [-0.4, -0.2) is 0 Å².